The number of para-hydroxylation sites is 1. The third-order valence-corrected chi connectivity index (χ3v) is 6.54. The van der Waals surface area contributed by atoms with Gasteiger partial charge in [0.25, 0.3) is 5.91 Å². The second-order valence-electron chi connectivity index (χ2n) is 8.89. The molecule has 1 atom stereocenters. The predicted molar refractivity (Wildman–Crippen MR) is 128 cm³/mol. The van der Waals surface area contributed by atoms with Crippen molar-refractivity contribution in [3.05, 3.63) is 66.0 Å². The van der Waals surface area contributed by atoms with Crippen molar-refractivity contribution in [3.63, 3.8) is 0 Å². The summed E-state index contributed by atoms with van der Waals surface area (Å²) in [5.41, 5.74) is 2.93. The Kier molecular flexibility index (Phi) is 7.38. The maximum absolute atomic E-state index is 13.6. The maximum Gasteiger partial charge on any atom is 0.257 e. The molecule has 180 valence electrons. The van der Waals surface area contributed by atoms with Gasteiger partial charge in [0, 0.05) is 51.0 Å². The Bertz CT molecular complexity index is 1100. The number of rotatable bonds is 7. The molecule has 2 saturated heterocycles. The molecule has 8 heteroatoms. The zero-order chi connectivity index (χ0) is 23.2. The lowest BCUT2D eigenvalue weighted by Gasteiger charge is -2.27. The fraction of sp³-hybridized carbons (Fsp3) is 0.462. The number of aromatic nitrogens is 2. The molecule has 2 fully saturated rings. The summed E-state index contributed by atoms with van der Waals surface area (Å²) in [5.74, 6) is 0.855. The zero-order valence-electron chi connectivity index (χ0n) is 19.5. The lowest BCUT2D eigenvalue weighted by Crippen LogP contribution is -2.39. The van der Waals surface area contributed by atoms with E-state index in [4.69, 9.17) is 14.2 Å². The molecule has 3 aromatic rings. The van der Waals surface area contributed by atoms with E-state index >= 15 is 0 Å². The molecular weight excluding hydrogens is 432 g/mol. The van der Waals surface area contributed by atoms with E-state index in [0.717, 1.165) is 44.8 Å². The van der Waals surface area contributed by atoms with Gasteiger partial charge in [-0.3, -0.25) is 9.69 Å². The molecule has 0 N–H and O–H groups in total. The first kappa shape index (κ1) is 22.8. The first-order valence-electron chi connectivity index (χ1n) is 12.1. The van der Waals surface area contributed by atoms with Crippen molar-refractivity contribution < 1.29 is 19.0 Å². The minimum absolute atomic E-state index is 0.0000314. The zero-order valence-corrected chi connectivity index (χ0v) is 19.5. The van der Waals surface area contributed by atoms with E-state index in [-0.39, 0.29) is 11.8 Å². The maximum atomic E-state index is 13.6. The number of fused-ring (bicyclic) bond motifs is 1. The summed E-state index contributed by atoms with van der Waals surface area (Å²) in [7, 11) is 0. The number of hydrogen-bond donors (Lipinski definition) is 0. The van der Waals surface area contributed by atoms with Crippen LogP contribution < -0.4 is 4.74 Å². The van der Waals surface area contributed by atoms with Gasteiger partial charge in [-0.2, -0.15) is 5.10 Å². The van der Waals surface area contributed by atoms with Gasteiger partial charge in [0.2, 0.25) is 0 Å². The summed E-state index contributed by atoms with van der Waals surface area (Å²) in [6.07, 6.45) is 4.60. The molecule has 2 aliphatic heterocycles. The third kappa shape index (κ3) is 5.41. The molecular formula is C26H32N4O4. The number of morpholine rings is 1. The number of nitrogens with zero attached hydrogens (tertiary/aromatic N) is 4. The molecule has 0 radical (unpaired) electrons. The molecule has 1 amide bonds. The van der Waals surface area contributed by atoms with Gasteiger partial charge in [0.15, 0.2) is 0 Å². The van der Waals surface area contributed by atoms with Crippen molar-refractivity contribution >= 4 is 11.4 Å². The van der Waals surface area contributed by atoms with Crippen LogP contribution in [0.4, 0.5) is 0 Å². The van der Waals surface area contributed by atoms with Crippen LogP contribution in [0, 0.1) is 5.92 Å². The second-order valence-corrected chi connectivity index (χ2v) is 8.89. The van der Waals surface area contributed by atoms with Gasteiger partial charge in [-0.15, -0.1) is 0 Å². The van der Waals surface area contributed by atoms with Gasteiger partial charge < -0.3 is 19.1 Å². The molecule has 2 aliphatic rings. The topological polar surface area (TPSA) is 68.5 Å². The van der Waals surface area contributed by atoms with E-state index in [0.29, 0.717) is 44.2 Å². The van der Waals surface area contributed by atoms with Gasteiger partial charge in [0.1, 0.15) is 12.4 Å². The first-order chi connectivity index (χ1) is 16.8. The SMILES string of the molecule is O=C(c1ccccc1OCCN1CCOCC1)N1CCOC[C@H](Cc2cccn3nccc23)C1. The normalized spacial score (nSPS) is 19.8. The monoisotopic (exact) mass is 464 g/mol. The van der Waals surface area contributed by atoms with Crippen LogP contribution in [-0.4, -0.2) is 91.1 Å². The highest BCUT2D eigenvalue weighted by Crippen LogP contribution is 2.23. The molecule has 5 rings (SSSR count). The lowest BCUT2D eigenvalue weighted by molar-refractivity contribution is 0.0321. The van der Waals surface area contributed by atoms with Crippen molar-refractivity contribution in [2.75, 3.05) is 65.8 Å². The van der Waals surface area contributed by atoms with Crippen LogP contribution in [0.1, 0.15) is 15.9 Å². The quantitative estimate of drug-likeness (QED) is 0.535. The van der Waals surface area contributed by atoms with Crippen LogP contribution in [0.3, 0.4) is 0 Å². The van der Waals surface area contributed by atoms with E-state index in [1.807, 2.05) is 58.2 Å². The Morgan fingerprint density at radius 1 is 1.03 bits per heavy atom. The van der Waals surface area contributed by atoms with E-state index in [2.05, 4.69) is 16.1 Å². The standard InChI is InChI=1S/C26H32N4O4/c31-26(23-5-1-2-6-25(23)34-17-12-28-10-14-32-15-11-28)29-13-16-33-20-21(19-29)18-22-4-3-9-30-24(22)7-8-27-30/h1-9,21H,10-20H2/t21-/m1/s1. The first-order valence-corrected chi connectivity index (χ1v) is 12.1. The fourth-order valence-corrected chi connectivity index (χ4v) is 4.73. The Morgan fingerprint density at radius 2 is 1.88 bits per heavy atom. The molecule has 0 spiro atoms. The molecule has 8 nitrogen and oxygen atoms in total. The highest BCUT2D eigenvalue weighted by molar-refractivity contribution is 5.97. The van der Waals surface area contributed by atoms with Gasteiger partial charge in [0.05, 0.1) is 37.5 Å². The van der Waals surface area contributed by atoms with Crippen LogP contribution in [0.2, 0.25) is 0 Å². The summed E-state index contributed by atoms with van der Waals surface area (Å²) in [6.45, 7) is 7.15. The average molecular weight is 465 g/mol. The van der Waals surface area contributed by atoms with Crippen molar-refractivity contribution in [1.29, 1.82) is 0 Å². The number of amides is 1. The highest BCUT2D eigenvalue weighted by atomic mass is 16.5. The largest absolute Gasteiger partial charge is 0.491 e. The summed E-state index contributed by atoms with van der Waals surface area (Å²) in [5, 5.41) is 4.34. The lowest BCUT2D eigenvalue weighted by atomic mass is 9.99. The minimum Gasteiger partial charge on any atom is -0.491 e. The van der Waals surface area contributed by atoms with Crippen molar-refractivity contribution in [2.24, 2.45) is 5.92 Å². The smallest absolute Gasteiger partial charge is 0.257 e. The van der Waals surface area contributed by atoms with E-state index < -0.39 is 0 Å². The molecule has 34 heavy (non-hydrogen) atoms. The van der Waals surface area contributed by atoms with E-state index in [9.17, 15) is 4.79 Å². The van der Waals surface area contributed by atoms with Crippen molar-refractivity contribution in [1.82, 2.24) is 19.4 Å². The van der Waals surface area contributed by atoms with Crippen LogP contribution in [0.25, 0.3) is 5.52 Å². The Balaban J connectivity index is 1.24. The predicted octanol–water partition coefficient (Wildman–Crippen LogP) is 2.38. The van der Waals surface area contributed by atoms with Gasteiger partial charge in [-0.05, 0) is 36.2 Å². The van der Waals surface area contributed by atoms with Crippen molar-refractivity contribution in [2.45, 2.75) is 6.42 Å². The number of carbonyl (C=O) groups is 1. The van der Waals surface area contributed by atoms with E-state index in [1.165, 1.54) is 5.56 Å². The van der Waals surface area contributed by atoms with E-state index in [1.54, 1.807) is 0 Å². The fourth-order valence-electron chi connectivity index (χ4n) is 4.73. The summed E-state index contributed by atoms with van der Waals surface area (Å²) in [4.78, 5) is 17.8. The van der Waals surface area contributed by atoms with Gasteiger partial charge >= 0.3 is 0 Å². The van der Waals surface area contributed by atoms with Gasteiger partial charge in [-0.25, -0.2) is 4.52 Å². The molecule has 0 aliphatic carbocycles. The molecule has 0 saturated carbocycles. The molecule has 0 unspecified atom stereocenters. The van der Waals surface area contributed by atoms with Crippen LogP contribution in [-0.2, 0) is 15.9 Å². The molecule has 2 aromatic heterocycles. The third-order valence-electron chi connectivity index (χ3n) is 6.54. The summed E-state index contributed by atoms with van der Waals surface area (Å²) >= 11 is 0. The molecule has 0 bridgehead atoms. The Hall–Kier alpha value is -2.94. The van der Waals surface area contributed by atoms with Crippen LogP contribution in [0.15, 0.2) is 54.9 Å². The number of carbonyl (C=O) groups excluding carboxylic acids is 1. The number of pyridine rings is 1. The second kappa shape index (κ2) is 11.0. The molecule has 4 heterocycles. The number of benzene rings is 1. The minimum atomic E-state index is 0.0000314. The number of hydrogen-bond acceptors (Lipinski definition) is 6. The highest BCUT2D eigenvalue weighted by Gasteiger charge is 2.26. The number of ether oxygens (including phenoxy) is 3. The average Bonchev–Trinajstić information content (AvgIpc) is 3.24. The summed E-state index contributed by atoms with van der Waals surface area (Å²) in [6, 6.07) is 13.7. The van der Waals surface area contributed by atoms with Gasteiger partial charge in [-0.1, -0.05) is 18.2 Å². The Labute approximate surface area is 200 Å². The molecule has 1 aromatic carbocycles. The van der Waals surface area contributed by atoms with Crippen molar-refractivity contribution in [3.8, 4) is 5.75 Å². The Morgan fingerprint density at radius 3 is 2.79 bits per heavy atom. The summed E-state index contributed by atoms with van der Waals surface area (Å²) < 4.78 is 19.3. The van der Waals surface area contributed by atoms with Crippen LogP contribution in [0.5, 0.6) is 5.75 Å². The van der Waals surface area contributed by atoms with Crippen LogP contribution >= 0.6 is 0 Å².